The van der Waals surface area contributed by atoms with Gasteiger partial charge in [0.2, 0.25) is 11.8 Å². The third-order valence-corrected chi connectivity index (χ3v) is 3.87. The second-order valence-electron chi connectivity index (χ2n) is 5.79. The highest BCUT2D eigenvalue weighted by atomic mass is 16.4. The number of carbonyl (C=O) groups excluding carboxylic acids is 2. The number of carbonyl (C=O) groups is 4. The molecule has 0 bridgehead atoms. The Morgan fingerprint density at radius 3 is 2.42 bits per heavy atom. The normalized spacial score (nSPS) is 21.0. The Bertz CT molecular complexity index is 509. The number of nitrogens with one attached hydrogen (secondary N) is 1. The number of hydrogen-bond acceptors (Lipinski definition) is 6. The van der Waals surface area contributed by atoms with Gasteiger partial charge in [-0.2, -0.15) is 0 Å². The predicted molar refractivity (Wildman–Crippen MR) is 80.8 cm³/mol. The molecule has 0 radical (unpaired) electrons. The van der Waals surface area contributed by atoms with Gasteiger partial charge in [0.05, 0.1) is 12.1 Å². The Balaban J connectivity index is 2.73. The van der Waals surface area contributed by atoms with Crippen molar-refractivity contribution < 1.29 is 34.5 Å². The number of likely N-dealkylation sites (tertiary alicyclic amines) is 1. The Labute approximate surface area is 138 Å². The minimum atomic E-state index is -1.48. The van der Waals surface area contributed by atoms with E-state index in [2.05, 4.69) is 5.32 Å². The van der Waals surface area contributed by atoms with Gasteiger partial charge >= 0.3 is 11.9 Å². The van der Waals surface area contributed by atoms with Crippen LogP contribution in [0.2, 0.25) is 0 Å². The lowest BCUT2D eigenvalue weighted by molar-refractivity contribution is -0.146. The second-order valence-corrected chi connectivity index (χ2v) is 5.79. The van der Waals surface area contributed by atoms with Gasteiger partial charge in [-0.15, -0.1) is 0 Å². The molecule has 1 saturated heterocycles. The maximum absolute atomic E-state index is 12.3. The number of aliphatic carboxylic acids is 2. The number of rotatable bonds is 8. The number of carboxylic acid groups (broad SMARTS) is 2. The first-order valence-corrected chi connectivity index (χ1v) is 7.64. The summed E-state index contributed by atoms with van der Waals surface area (Å²) in [5, 5.41) is 29.2. The van der Waals surface area contributed by atoms with Crippen molar-refractivity contribution >= 4 is 23.8 Å². The third-order valence-electron chi connectivity index (χ3n) is 3.87. The minimum absolute atomic E-state index is 0.0512. The molecule has 10 nitrogen and oxygen atoms in total. The Kier molecular flexibility index (Phi) is 7.11. The first kappa shape index (κ1) is 19.8. The molecule has 0 aliphatic carbocycles. The fraction of sp³-hybridized carbons (Fsp3) is 0.714. The molecule has 0 spiro atoms. The molecule has 2 amide bonds. The van der Waals surface area contributed by atoms with Gasteiger partial charge < -0.3 is 31.3 Å². The molecule has 0 aromatic rings. The first-order valence-electron chi connectivity index (χ1n) is 7.64. The monoisotopic (exact) mass is 345 g/mol. The van der Waals surface area contributed by atoms with Crippen LogP contribution >= 0.6 is 0 Å². The molecular formula is C14H23N3O7. The SMILES string of the molecule is CC(O)C(NC(=O)C1CCCN1C(=O)C(N)CCC(=O)O)C(=O)O. The van der Waals surface area contributed by atoms with E-state index in [1.807, 2.05) is 0 Å². The quantitative estimate of drug-likeness (QED) is 0.340. The predicted octanol–water partition coefficient (Wildman–Crippen LogP) is -1.88. The summed E-state index contributed by atoms with van der Waals surface area (Å²) in [7, 11) is 0. The summed E-state index contributed by atoms with van der Waals surface area (Å²) in [4.78, 5) is 47.4. The van der Waals surface area contributed by atoms with Gasteiger partial charge in [-0.25, -0.2) is 4.79 Å². The van der Waals surface area contributed by atoms with Gasteiger partial charge in [0.25, 0.3) is 0 Å². The van der Waals surface area contributed by atoms with Crippen molar-refractivity contribution in [2.75, 3.05) is 6.54 Å². The zero-order chi connectivity index (χ0) is 18.4. The van der Waals surface area contributed by atoms with Crippen LogP contribution in [0.3, 0.4) is 0 Å². The number of nitrogens with zero attached hydrogens (tertiary/aromatic N) is 1. The summed E-state index contributed by atoms with van der Waals surface area (Å²) in [6.07, 6.45) is -0.725. The van der Waals surface area contributed by atoms with Crippen molar-refractivity contribution in [3.05, 3.63) is 0 Å². The van der Waals surface area contributed by atoms with Gasteiger partial charge in [0.1, 0.15) is 6.04 Å². The Hall–Kier alpha value is -2.20. The number of nitrogens with two attached hydrogens (primary N) is 1. The number of aliphatic hydroxyl groups is 1. The second kappa shape index (κ2) is 8.60. The molecule has 1 aliphatic heterocycles. The average Bonchev–Trinajstić information content (AvgIpc) is 2.97. The lowest BCUT2D eigenvalue weighted by atomic mass is 10.1. The molecule has 0 aromatic heterocycles. The van der Waals surface area contributed by atoms with E-state index in [9.17, 15) is 24.3 Å². The molecule has 4 unspecified atom stereocenters. The molecule has 1 rings (SSSR count). The smallest absolute Gasteiger partial charge is 0.328 e. The van der Waals surface area contributed by atoms with Crippen molar-refractivity contribution in [3.63, 3.8) is 0 Å². The molecule has 1 aliphatic rings. The van der Waals surface area contributed by atoms with Crippen LogP contribution in [0.5, 0.6) is 0 Å². The van der Waals surface area contributed by atoms with E-state index in [-0.39, 0.29) is 19.4 Å². The molecule has 24 heavy (non-hydrogen) atoms. The molecule has 0 saturated carbocycles. The summed E-state index contributed by atoms with van der Waals surface area (Å²) >= 11 is 0. The van der Waals surface area contributed by atoms with Crippen LogP contribution in [-0.4, -0.2) is 74.7 Å². The topological polar surface area (TPSA) is 170 Å². The maximum atomic E-state index is 12.3. The van der Waals surface area contributed by atoms with Crippen LogP contribution in [0.1, 0.15) is 32.6 Å². The van der Waals surface area contributed by atoms with E-state index in [1.54, 1.807) is 0 Å². The summed E-state index contributed by atoms with van der Waals surface area (Å²) in [6.45, 7) is 1.52. The number of hydrogen-bond donors (Lipinski definition) is 5. The van der Waals surface area contributed by atoms with Crippen LogP contribution in [0, 0.1) is 0 Å². The third kappa shape index (κ3) is 5.17. The fourth-order valence-corrected chi connectivity index (χ4v) is 2.56. The zero-order valence-electron chi connectivity index (χ0n) is 13.3. The molecule has 1 fully saturated rings. The molecule has 136 valence electrons. The highest BCUT2D eigenvalue weighted by Crippen LogP contribution is 2.19. The van der Waals surface area contributed by atoms with Gasteiger partial charge in [-0.3, -0.25) is 14.4 Å². The van der Waals surface area contributed by atoms with Crippen molar-refractivity contribution in [2.24, 2.45) is 5.73 Å². The van der Waals surface area contributed by atoms with Crippen LogP contribution < -0.4 is 11.1 Å². The molecule has 0 aromatic carbocycles. The van der Waals surface area contributed by atoms with Gasteiger partial charge in [0.15, 0.2) is 6.04 Å². The molecule has 1 heterocycles. The summed E-state index contributed by atoms with van der Waals surface area (Å²) < 4.78 is 0. The van der Waals surface area contributed by atoms with E-state index in [4.69, 9.17) is 15.9 Å². The minimum Gasteiger partial charge on any atom is -0.481 e. The van der Waals surface area contributed by atoms with E-state index < -0.39 is 48.0 Å². The number of aliphatic hydroxyl groups excluding tert-OH is 1. The molecule has 6 N–H and O–H groups in total. The summed E-state index contributed by atoms with van der Waals surface area (Å²) in [6, 6.07) is -3.40. The first-order chi connectivity index (χ1) is 11.1. The van der Waals surface area contributed by atoms with Crippen molar-refractivity contribution in [1.82, 2.24) is 10.2 Å². The van der Waals surface area contributed by atoms with E-state index in [0.29, 0.717) is 12.8 Å². The van der Waals surface area contributed by atoms with Gasteiger partial charge in [-0.05, 0) is 26.2 Å². The summed E-state index contributed by atoms with van der Waals surface area (Å²) in [5.74, 6) is -3.68. The van der Waals surface area contributed by atoms with E-state index >= 15 is 0 Å². The van der Waals surface area contributed by atoms with Gasteiger partial charge in [-0.1, -0.05) is 0 Å². The maximum Gasteiger partial charge on any atom is 0.328 e. The van der Waals surface area contributed by atoms with E-state index in [0.717, 1.165) is 0 Å². The van der Waals surface area contributed by atoms with Crippen LogP contribution in [0.15, 0.2) is 0 Å². The van der Waals surface area contributed by atoms with Crippen molar-refractivity contribution in [1.29, 1.82) is 0 Å². The van der Waals surface area contributed by atoms with Crippen LogP contribution in [0.4, 0.5) is 0 Å². The highest BCUT2D eigenvalue weighted by Gasteiger charge is 2.38. The van der Waals surface area contributed by atoms with Crippen LogP contribution in [0.25, 0.3) is 0 Å². The number of carboxylic acids is 2. The van der Waals surface area contributed by atoms with Gasteiger partial charge in [0, 0.05) is 13.0 Å². The zero-order valence-corrected chi connectivity index (χ0v) is 13.3. The molecule has 4 atom stereocenters. The lowest BCUT2D eigenvalue weighted by Gasteiger charge is -2.28. The lowest BCUT2D eigenvalue weighted by Crippen LogP contribution is -2.56. The largest absolute Gasteiger partial charge is 0.481 e. The summed E-state index contributed by atoms with van der Waals surface area (Å²) in [5.41, 5.74) is 5.69. The Morgan fingerprint density at radius 1 is 1.29 bits per heavy atom. The Morgan fingerprint density at radius 2 is 1.92 bits per heavy atom. The van der Waals surface area contributed by atoms with Crippen molar-refractivity contribution in [2.45, 2.75) is 56.8 Å². The van der Waals surface area contributed by atoms with Crippen molar-refractivity contribution in [3.8, 4) is 0 Å². The molecule has 10 heteroatoms. The van der Waals surface area contributed by atoms with E-state index in [1.165, 1.54) is 11.8 Å². The standard InChI is InChI=1S/C14H23N3O7/c1-7(18)11(14(23)24)16-12(21)9-3-2-6-17(9)13(22)8(15)4-5-10(19)20/h7-9,11,18H,2-6,15H2,1H3,(H,16,21)(H,19,20)(H,23,24). The fourth-order valence-electron chi connectivity index (χ4n) is 2.56. The van der Waals surface area contributed by atoms with Crippen LogP contribution in [-0.2, 0) is 19.2 Å². The molecular weight excluding hydrogens is 322 g/mol. The highest BCUT2D eigenvalue weighted by molar-refractivity contribution is 5.92. The number of amides is 2. The average molecular weight is 345 g/mol.